The van der Waals surface area contributed by atoms with Crippen molar-refractivity contribution in [3.05, 3.63) is 53.3 Å². The summed E-state index contributed by atoms with van der Waals surface area (Å²) in [5, 5.41) is 12.1. The Labute approximate surface area is 157 Å². The number of hydrogen-bond acceptors (Lipinski definition) is 7. The molecule has 2 heterocycles. The molecule has 1 aromatic carbocycles. The van der Waals surface area contributed by atoms with Gasteiger partial charge in [-0.15, -0.1) is 0 Å². The van der Waals surface area contributed by atoms with Crippen LogP contribution in [0.5, 0.6) is 0 Å². The van der Waals surface area contributed by atoms with Gasteiger partial charge in [-0.2, -0.15) is 0 Å². The number of nitrogens with zero attached hydrogens (tertiary/aromatic N) is 1. The number of aliphatic hydroxyl groups is 1. The van der Waals surface area contributed by atoms with Crippen molar-refractivity contribution in [2.24, 2.45) is 5.41 Å². The zero-order chi connectivity index (χ0) is 19.8. The van der Waals surface area contributed by atoms with Crippen LogP contribution in [0.15, 0.2) is 47.7 Å². The Bertz CT molecular complexity index is 813. The standard InChI is InChI=1S/C20H23NO6/c1-19(2)12-20(11-10-13-8-6-5-7-9-13)14(16(22)25-3)15(17(23)26-4)27-21(20)18(19)24/h5-11,18,24H,12H2,1-4H3/b11-10+/t18-,20+/m1/s1. The number of rotatable bonds is 4. The Morgan fingerprint density at radius 3 is 2.41 bits per heavy atom. The third kappa shape index (κ3) is 3.02. The summed E-state index contributed by atoms with van der Waals surface area (Å²) in [7, 11) is 2.43. The van der Waals surface area contributed by atoms with E-state index in [-0.39, 0.29) is 11.3 Å². The lowest BCUT2D eigenvalue weighted by Crippen LogP contribution is -2.44. The molecule has 7 heteroatoms. The van der Waals surface area contributed by atoms with E-state index in [0.29, 0.717) is 6.42 Å². The Hall–Kier alpha value is -2.64. The van der Waals surface area contributed by atoms with Gasteiger partial charge in [0.25, 0.3) is 0 Å². The van der Waals surface area contributed by atoms with Crippen LogP contribution >= 0.6 is 0 Å². The van der Waals surface area contributed by atoms with Gasteiger partial charge in [-0.05, 0) is 12.0 Å². The predicted octanol–water partition coefficient (Wildman–Crippen LogP) is 2.03. The molecule has 0 saturated carbocycles. The molecule has 1 aromatic rings. The van der Waals surface area contributed by atoms with Gasteiger partial charge in [0.15, 0.2) is 0 Å². The first-order chi connectivity index (χ1) is 12.8. The first-order valence-electron chi connectivity index (χ1n) is 8.58. The van der Waals surface area contributed by atoms with E-state index in [2.05, 4.69) is 0 Å². The number of hydroxylamine groups is 2. The molecule has 1 N–H and O–H groups in total. The first-order valence-corrected chi connectivity index (χ1v) is 8.58. The normalized spacial score (nSPS) is 26.8. The van der Waals surface area contributed by atoms with Crippen LogP contribution < -0.4 is 0 Å². The lowest BCUT2D eigenvalue weighted by atomic mass is 9.78. The summed E-state index contributed by atoms with van der Waals surface area (Å²) >= 11 is 0. The van der Waals surface area contributed by atoms with Gasteiger partial charge in [0, 0.05) is 5.41 Å². The molecule has 0 spiro atoms. The maximum Gasteiger partial charge on any atom is 0.376 e. The smallest absolute Gasteiger partial charge is 0.376 e. The highest BCUT2D eigenvalue weighted by molar-refractivity contribution is 6.02. The van der Waals surface area contributed by atoms with Gasteiger partial charge in [0.2, 0.25) is 5.76 Å². The van der Waals surface area contributed by atoms with E-state index in [4.69, 9.17) is 14.3 Å². The summed E-state index contributed by atoms with van der Waals surface area (Å²) < 4.78 is 9.68. The van der Waals surface area contributed by atoms with E-state index >= 15 is 0 Å². The number of benzene rings is 1. The van der Waals surface area contributed by atoms with Gasteiger partial charge < -0.3 is 19.4 Å². The molecule has 0 radical (unpaired) electrons. The van der Waals surface area contributed by atoms with Crippen LogP contribution in [0.25, 0.3) is 6.08 Å². The average Bonchev–Trinajstić information content (AvgIpc) is 3.08. The molecule has 0 aliphatic carbocycles. The van der Waals surface area contributed by atoms with E-state index in [9.17, 15) is 14.7 Å². The number of esters is 2. The highest BCUT2D eigenvalue weighted by atomic mass is 16.7. The molecule has 144 valence electrons. The van der Waals surface area contributed by atoms with E-state index in [0.717, 1.165) is 5.56 Å². The van der Waals surface area contributed by atoms with E-state index < -0.39 is 29.1 Å². The summed E-state index contributed by atoms with van der Waals surface area (Å²) in [6, 6.07) is 9.51. The van der Waals surface area contributed by atoms with Crippen molar-refractivity contribution < 1.29 is 29.0 Å². The van der Waals surface area contributed by atoms with Crippen molar-refractivity contribution in [1.29, 1.82) is 0 Å². The summed E-state index contributed by atoms with van der Waals surface area (Å²) in [5.41, 5.74) is -0.826. The molecular weight excluding hydrogens is 350 g/mol. The fourth-order valence-corrected chi connectivity index (χ4v) is 3.69. The number of hydrogen-bond donors (Lipinski definition) is 1. The first kappa shape index (κ1) is 19.1. The largest absolute Gasteiger partial charge is 0.465 e. The van der Waals surface area contributed by atoms with Crippen LogP contribution in [0.2, 0.25) is 0 Å². The third-order valence-corrected chi connectivity index (χ3v) is 5.00. The van der Waals surface area contributed by atoms with Gasteiger partial charge in [0.1, 0.15) is 17.3 Å². The molecule has 0 bridgehead atoms. The van der Waals surface area contributed by atoms with E-state index in [1.165, 1.54) is 19.3 Å². The van der Waals surface area contributed by atoms with Gasteiger partial charge >= 0.3 is 11.9 Å². The molecule has 0 aromatic heterocycles. The van der Waals surface area contributed by atoms with Crippen LogP contribution in [-0.2, 0) is 23.9 Å². The van der Waals surface area contributed by atoms with Crippen molar-refractivity contribution in [3.63, 3.8) is 0 Å². The number of carbonyl (C=O) groups is 2. The van der Waals surface area contributed by atoms with E-state index in [1.54, 1.807) is 6.08 Å². The fourth-order valence-electron chi connectivity index (χ4n) is 3.69. The minimum absolute atomic E-state index is 0.0219. The topological polar surface area (TPSA) is 85.3 Å². The van der Waals surface area contributed by atoms with Crippen LogP contribution in [0.3, 0.4) is 0 Å². The van der Waals surface area contributed by atoms with Crippen LogP contribution in [0.1, 0.15) is 25.8 Å². The highest BCUT2D eigenvalue weighted by Gasteiger charge is 2.65. The second-order valence-corrected chi connectivity index (χ2v) is 7.31. The van der Waals surface area contributed by atoms with Crippen molar-refractivity contribution in [3.8, 4) is 0 Å². The summed E-state index contributed by atoms with van der Waals surface area (Å²) in [6.45, 7) is 3.73. The molecule has 7 nitrogen and oxygen atoms in total. The summed E-state index contributed by atoms with van der Waals surface area (Å²) in [4.78, 5) is 30.5. The van der Waals surface area contributed by atoms with Gasteiger partial charge in [0.05, 0.1) is 14.2 Å². The van der Waals surface area contributed by atoms with Gasteiger partial charge in [-0.3, -0.25) is 0 Å². The summed E-state index contributed by atoms with van der Waals surface area (Å²) in [5.74, 6) is -1.78. The zero-order valence-corrected chi connectivity index (χ0v) is 15.8. The Kier molecular flexibility index (Phi) is 4.84. The minimum Gasteiger partial charge on any atom is -0.465 e. The van der Waals surface area contributed by atoms with Crippen molar-refractivity contribution in [2.75, 3.05) is 14.2 Å². The number of carbonyl (C=O) groups excluding carboxylic acids is 2. The molecule has 2 aliphatic heterocycles. The molecule has 1 saturated heterocycles. The second-order valence-electron chi connectivity index (χ2n) is 7.31. The minimum atomic E-state index is -1.16. The molecule has 0 unspecified atom stereocenters. The quantitative estimate of drug-likeness (QED) is 0.808. The Balaban J connectivity index is 2.18. The molecule has 27 heavy (non-hydrogen) atoms. The lowest BCUT2D eigenvalue weighted by Gasteiger charge is -2.29. The molecular formula is C20H23NO6. The maximum absolute atomic E-state index is 12.6. The number of ether oxygens (including phenoxy) is 2. The molecule has 0 amide bonds. The highest BCUT2D eigenvalue weighted by Crippen LogP contribution is 2.54. The fraction of sp³-hybridized carbons (Fsp3) is 0.400. The van der Waals surface area contributed by atoms with Crippen LogP contribution in [-0.4, -0.2) is 48.1 Å². The third-order valence-electron chi connectivity index (χ3n) is 5.00. The Morgan fingerprint density at radius 2 is 1.81 bits per heavy atom. The monoisotopic (exact) mass is 373 g/mol. The number of fused-ring (bicyclic) bond motifs is 1. The second kappa shape index (κ2) is 6.83. The van der Waals surface area contributed by atoms with Crippen molar-refractivity contribution in [1.82, 2.24) is 5.06 Å². The summed E-state index contributed by atoms with van der Waals surface area (Å²) in [6.07, 6.45) is 2.89. The lowest BCUT2D eigenvalue weighted by molar-refractivity contribution is -0.222. The van der Waals surface area contributed by atoms with Crippen LogP contribution in [0.4, 0.5) is 0 Å². The van der Waals surface area contributed by atoms with Crippen LogP contribution in [0, 0.1) is 5.41 Å². The van der Waals surface area contributed by atoms with E-state index in [1.807, 2.05) is 50.3 Å². The number of aliphatic hydroxyl groups excluding tert-OH is 1. The van der Waals surface area contributed by atoms with Gasteiger partial charge in [-0.25, -0.2) is 9.59 Å². The average molecular weight is 373 g/mol. The number of methoxy groups -OCH3 is 2. The zero-order valence-electron chi connectivity index (χ0n) is 15.8. The Morgan fingerprint density at radius 1 is 1.19 bits per heavy atom. The van der Waals surface area contributed by atoms with Crippen molar-refractivity contribution in [2.45, 2.75) is 32.0 Å². The SMILES string of the molecule is COC(=O)C1=C(C(=O)OC)[C@]2(/C=C/c3ccccc3)CC(C)(C)[C@@H](O)N2O1. The predicted molar refractivity (Wildman–Crippen MR) is 96.6 cm³/mol. The molecule has 3 rings (SSSR count). The maximum atomic E-state index is 12.6. The molecule has 2 aliphatic rings. The molecule has 1 fully saturated rings. The molecule has 2 atom stereocenters. The van der Waals surface area contributed by atoms with Gasteiger partial charge in [-0.1, -0.05) is 61.4 Å². The van der Waals surface area contributed by atoms with Crippen molar-refractivity contribution >= 4 is 18.0 Å².